The molecule has 0 atom stereocenters. The predicted molar refractivity (Wildman–Crippen MR) is 70.7 cm³/mol. The summed E-state index contributed by atoms with van der Waals surface area (Å²) in [7, 11) is 1.85. The van der Waals surface area contributed by atoms with Gasteiger partial charge in [-0.1, -0.05) is 36.2 Å². The summed E-state index contributed by atoms with van der Waals surface area (Å²) >= 11 is 12.1. The van der Waals surface area contributed by atoms with Crippen LogP contribution < -0.4 is 5.32 Å². The van der Waals surface area contributed by atoms with Crippen molar-refractivity contribution in [1.82, 2.24) is 4.98 Å². The fraction of sp³-hybridized carbons (Fsp3) is 0.250. The molecule has 0 unspecified atom stereocenters. The zero-order chi connectivity index (χ0) is 11.7. The van der Waals surface area contributed by atoms with E-state index >= 15 is 0 Å². The minimum absolute atomic E-state index is 0.512. The first-order valence-corrected chi connectivity index (χ1v) is 5.88. The van der Waals surface area contributed by atoms with E-state index in [0.717, 1.165) is 23.1 Å². The Bertz CT molecular complexity index is 538. The number of nitrogens with one attached hydrogen (secondary N) is 1. The monoisotopic (exact) mass is 254 g/mol. The van der Waals surface area contributed by atoms with Crippen LogP contribution in [-0.2, 0) is 6.42 Å². The number of anilines is 1. The topological polar surface area (TPSA) is 24.9 Å². The highest BCUT2D eigenvalue weighted by molar-refractivity contribution is 6.45. The largest absolute Gasteiger partial charge is 0.373 e. The van der Waals surface area contributed by atoms with E-state index in [-0.39, 0.29) is 0 Å². The maximum absolute atomic E-state index is 6.13. The summed E-state index contributed by atoms with van der Waals surface area (Å²) in [5.41, 5.74) is 1.92. The molecule has 0 aliphatic heterocycles. The van der Waals surface area contributed by atoms with Gasteiger partial charge in [0.05, 0.1) is 15.6 Å². The summed E-state index contributed by atoms with van der Waals surface area (Å²) in [4.78, 5) is 4.50. The Balaban J connectivity index is 2.78. The van der Waals surface area contributed by atoms with Gasteiger partial charge in [0.1, 0.15) is 5.82 Å². The van der Waals surface area contributed by atoms with Crippen molar-refractivity contribution in [2.75, 3.05) is 12.4 Å². The summed E-state index contributed by atoms with van der Waals surface area (Å²) in [5.74, 6) is 0.860. The maximum Gasteiger partial charge on any atom is 0.129 e. The second-order valence-electron chi connectivity index (χ2n) is 3.53. The van der Waals surface area contributed by atoms with Gasteiger partial charge in [0.25, 0.3) is 0 Å². The molecule has 0 aliphatic carbocycles. The number of hydrogen-bond donors (Lipinski definition) is 1. The number of benzene rings is 1. The van der Waals surface area contributed by atoms with E-state index in [4.69, 9.17) is 23.2 Å². The molecule has 1 aromatic heterocycles. The highest BCUT2D eigenvalue weighted by atomic mass is 35.5. The molecule has 4 heteroatoms. The zero-order valence-electron chi connectivity index (χ0n) is 9.14. The van der Waals surface area contributed by atoms with Gasteiger partial charge >= 0.3 is 0 Å². The average molecular weight is 255 g/mol. The van der Waals surface area contributed by atoms with Crippen LogP contribution in [0.3, 0.4) is 0 Å². The first-order valence-electron chi connectivity index (χ1n) is 5.12. The van der Waals surface area contributed by atoms with E-state index in [1.165, 1.54) is 5.56 Å². The molecule has 0 saturated heterocycles. The van der Waals surface area contributed by atoms with E-state index in [1.807, 2.05) is 13.1 Å². The smallest absolute Gasteiger partial charge is 0.129 e. The third-order valence-electron chi connectivity index (χ3n) is 2.58. The lowest BCUT2D eigenvalue weighted by molar-refractivity contribution is 1.12. The van der Waals surface area contributed by atoms with Crippen LogP contribution >= 0.6 is 23.2 Å². The lowest BCUT2D eigenvalue weighted by Crippen LogP contribution is -1.98. The Morgan fingerprint density at radius 3 is 2.69 bits per heavy atom. The fourth-order valence-corrected chi connectivity index (χ4v) is 2.08. The van der Waals surface area contributed by atoms with Gasteiger partial charge in [0.2, 0.25) is 0 Å². The van der Waals surface area contributed by atoms with Crippen molar-refractivity contribution in [2.45, 2.75) is 13.3 Å². The minimum atomic E-state index is 0.512. The van der Waals surface area contributed by atoms with E-state index in [1.54, 1.807) is 6.07 Å². The lowest BCUT2D eigenvalue weighted by Gasteiger charge is -2.09. The summed E-state index contributed by atoms with van der Waals surface area (Å²) in [6, 6.07) is 5.83. The van der Waals surface area contributed by atoms with Crippen LogP contribution in [-0.4, -0.2) is 12.0 Å². The van der Waals surface area contributed by atoms with Gasteiger partial charge < -0.3 is 5.32 Å². The predicted octanol–water partition coefficient (Wildman–Crippen LogP) is 4.15. The Hall–Kier alpha value is -0.990. The van der Waals surface area contributed by atoms with E-state index in [2.05, 4.69) is 23.3 Å². The molecule has 2 rings (SSSR count). The average Bonchev–Trinajstić information content (AvgIpc) is 2.32. The van der Waals surface area contributed by atoms with Crippen molar-refractivity contribution >= 4 is 39.9 Å². The van der Waals surface area contributed by atoms with Crippen molar-refractivity contribution < 1.29 is 0 Å². The number of pyridine rings is 1. The first kappa shape index (κ1) is 11.5. The summed E-state index contributed by atoms with van der Waals surface area (Å²) < 4.78 is 0. The molecule has 1 N–H and O–H groups in total. The van der Waals surface area contributed by atoms with Crippen LogP contribution in [0.2, 0.25) is 10.0 Å². The van der Waals surface area contributed by atoms with Crippen molar-refractivity contribution in [1.29, 1.82) is 0 Å². The molecule has 1 aromatic carbocycles. The van der Waals surface area contributed by atoms with E-state index in [0.29, 0.717) is 10.0 Å². The van der Waals surface area contributed by atoms with E-state index < -0.39 is 0 Å². The van der Waals surface area contributed by atoms with Gasteiger partial charge in [-0.15, -0.1) is 0 Å². The number of hydrogen-bond acceptors (Lipinski definition) is 2. The molecule has 0 bridgehead atoms. The van der Waals surface area contributed by atoms with Crippen LogP contribution in [0.15, 0.2) is 18.2 Å². The standard InChI is InChI=1S/C12H12Cl2N2/c1-3-7-6-8-4-5-9(13)10(14)11(8)16-12(7)15-2/h4-6H,3H2,1-2H3,(H,15,16). The molecule has 0 aliphatic rings. The normalized spacial score (nSPS) is 10.8. The van der Waals surface area contributed by atoms with Crippen molar-refractivity contribution in [3.05, 3.63) is 33.8 Å². The van der Waals surface area contributed by atoms with Crippen molar-refractivity contribution in [3.63, 3.8) is 0 Å². The van der Waals surface area contributed by atoms with Crippen molar-refractivity contribution in [3.8, 4) is 0 Å². The molecule has 0 amide bonds. The summed E-state index contributed by atoms with van der Waals surface area (Å²) in [5, 5.41) is 5.14. The molecule has 16 heavy (non-hydrogen) atoms. The van der Waals surface area contributed by atoms with Crippen LogP contribution in [0.25, 0.3) is 10.9 Å². The second kappa shape index (κ2) is 4.48. The Labute approximate surface area is 105 Å². The zero-order valence-corrected chi connectivity index (χ0v) is 10.7. The summed E-state index contributed by atoms with van der Waals surface area (Å²) in [6.45, 7) is 2.10. The number of halogens is 2. The molecule has 0 spiro atoms. The Kier molecular flexibility index (Phi) is 3.22. The quantitative estimate of drug-likeness (QED) is 0.872. The van der Waals surface area contributed by atoms with Crippen LogP contribution in [0, 0.1) is 0 Å². The molecule has 0 radical (unpaired) electrons. The molecular formula is C12H12Cl2N2. The number of nitrogens with zero attached hydrogens (tertiary/aromatic N) is 1. The number of fused-ring (bicyclic) bond motifs is 1. The molecule has 2 nitrogen and oxygen atoms in total. The number of rotatable bonds is 2. The minimum Gasteiger partial charge on any atom is -0.373 e. The van der Waals surface area contributed by atoms with Gasteiger partial charge in [-0.2, -0.15) is 0 Å². The lowest BCUT2D eigenvalue weighted by atomic mass is 10.1. The number of aryl methyl sites for hydroxylation is 1. The van der Waals surface area contributed by atoms with Gasteiger partial charge in [0.15, 0.2) is 0 Å². The maximum atomic E-state index is 6.13. The Morgan fingerprint density at radius 1 is 1.31 bits per heavy atom. The van der Waals surface area contributed by atoms with Gasteiger partial charge in [-0.25, -0.2) is 4.98 Å². The third kappa shape index (κ3) is 1.83. The van der Waals surface area contributed by atoms with Crippen LogP contribution in [0.1, 0.15) is 12.5 Å². The van der Waals surface area contributed by atoms with Gasteiger partial charge in [-0.3, -0.25) is 0 Å². The van der Waals surface area contributed by atoms with Gasteiger partial charge in [-0.05, 0) is 24.1 Å². The molecule has 1 heterocycles. The SMILES string of the molecule is CCc1cc2ccc(Cl)c(Cl)c2nc1NC. The third-order valence-corrected chi connectivity index (χ3v) is 3.37. The molecule has 2 aromatic rings. The highest BCUT2D eigenvalue weighted by Gasteiger charge is 2.09. The molecular weight excluding hydrogens is 243 g/mol. The van der Waals surface area contributed by atoms with E-state index in [9.17, 15) is 0 Å². The van der Waals surface area contributed by atoms with Gasteiger partial charge in [0, 0.05) is 12.4 Å². The Morgan fingerprint density at radius 2 is 2.06 bits per heavy atom. The molecule has 0 saturated carbocycles. The first-order chi connectivity index (χ1) is 7.67. The number of aromatic nitrogens is 1. The van der Waals surface area contributed by atoms with Crippen LogP contribution in [0.5, 0.6) is 0 Å². The summed E-state index contributed by atoms with van der Waals surface area (Å²) in [6.07, 6.45) is 0.930. The van der Waals surface area contributed by atoms with Crippen molar-refractivity contribution in [2.24, 2.45) is 0 Å². The van der Waals surface area contributed by atoms with Crippen LogP contribution in [0.4, 0.5) is 5.82 Å². The molecule has 0 fully saturated rings. The fourth-order valence-electron chi connectivity index (χ4n) is 1.71. The second-order valence-corrected chi connectivity index (χ2v) is 4.32. The highest BCUT2D eigenvalue weighted by Crippen LogP contribution is 2.31. The molecule has 84 valence electrons.